The maximum atomic E-state index is 9.97. The van der Waals surface area contributed by atoms with E-state index in [0.717, 1.165) is 6.42 Å². The first kappa shape index (κ1) is 10.3. The molecule has 0 aromatic heterocycles. The summed E-state index contributed by atoms with van der Waals surface area (Å²) in [6.07, 6.45) is -0.173. The highest BCUT2D eigenvalue weighted by molar-refractivity contribution is 5.56. The molecule has 0 bridgehead atoms. The molecule has 1 atom stereocenters. The Labute approximate surface area is 67.4 Å². The van der Waals surface area contributed by atoms with Gasteiger partial charge in [0.05, 0.1) is 6.61 Å². The Morgan fingerprint density at radius 3 is 2.36 bits per heavy atom. The van der Waals surface area contributed by atoms with Crippen molar-refractivity contribution in [3.8, 4) is 0 Å². The number of carboxylic acid groups (broad SMARTS) is 1. The third-order valence-electron chi connectivity index (χ3n) is 1.37. The van der Waals surface area contributed by atoms with Crippen LogP contribution in [-0.4, -0.2) is 17.9 Å². The zero-order valence-electron chi connectivity index (χ0n) is 7.33. The maximum absolute atomic E-state index is 9.97. The molecule has 11 heavy (non-hydrogen) atoms. The Balaban J connectivity index is 3.37. The van der Waals surface area contributed by atoms with E-state index in [2.05, 4.69) is 18.6 Å². The second-order valence-electron chi connectivity index (χ2n) is 3.31. The Morgan fingerprint density at radius 1 is 1.45 bits per heavy atom. The number of rotatable bonds is 4. The molecule has 0 aliphatic carbocycles. The van der Waals surface area contributed by atoms with Gasteiger partial charge in [0.2, 0.25) is 0 Å². The van der Waals surface area contributed by atoms with E-state index in [1.165, 1.54) is 0 Å². The average Bonchev–Trinajstić information content (AvgIpc) is 1.82. The van der Waals surface area contributed by atoms with E-state index in [1.807, 2.05) is 6.92 Å². The normalized spacial score (nSPS) is 13.1. The van der Waals surface area contributed by atoms with E-state index in [1.54, 1.807) is 0 Å². The van der Waals surface area contributed by atoms with Crippen LogP contribution in [0.2, 0.25) is 0 Å². The van der Waals surface area contributed by atoms with Gasteiger partial charge in [-0.05, 0) is 18.3 Å². The van der Waals surface area contributed by atoms with Crippen LogP contribution in [0.25, 0.3) is 0 Å². The first-order chi connectivity index (χ1) is 5.02. The summed E-state index contributed by atoms with van der Waals surface area (Å²) >= 11 is 0. The lowest BCUT2D eigenvalue weighted by Crippen LogP contribution is -2.11. The van der Waals surface area contributed by atoms with Crippen LogP contribution in [0.3, 0.4) is 0 Å². The monoisotopic (exact) mass is 160 g/mol. The first-order valence-electron chi connectivity index (χ1n) is 3.88. The van der Waals surface area contributed by atoms with E-state index in [-0.39, 0.29) is 0 Å². The third-order valence-corrected chi connectivity index (χ3v) is 1.37. The van der Waals surface area contributed by atoms with E-state index in [9.17, 15) is 4.79 Å². The van der Waals surface area contributed by atoms with Crippen LogP contribution in [0, 0.1) is 11.8 Å². The number of carbonyl (C=O) groups is 1. The average molecular weight is 160 g/mol. The Bertz CT molecular complexity index is 121. The molecule has 0 aliphatic heterocycles. The molecule has 0 heterocycles. The summed E-state index contributed by atoms with van der Waals surface area (Å²) in [6.45, 7) is 6.52. The van der Waals surface area contributed by atoms with Crippen LogP contribution >= 0.6 is 0 Å². The fourth-order valence-corrected chi connectivity index (χ4v) is 1.09. The quantitative estimate of drug-likeness (QED) is 0.642. The van der Waals surface area contributed by atoms with E-state index < -0.39 is 6.16 Å². The van der Waals surface area contributed by atoms with E-state index >= 15 is 0 Å². The molecular formula is C8H16O3. The van der Waals surface area contributed by atoms with Crippen LogP contribution in [-0.2, 0) is 4.74 Å². The van der Waals surface area contributed by atoms with Gasteiger partial charge in [0.25, 0.3) is 0 Å². The Hall–Kier alpha value is -0.730. The molecule has 0 aromatic carbocycles. The lowest BCUT2D eigenvalue weighted by Gasteiger charge is -2.12. The molecule has 0 saturated heterocycles. The van der Waals surface area contributed by atoms with Crippen LogP contribution in [0.4, 0.5) is 4.79 Å². The molecule has 0 aliphatic rings. The highest BCUT2D eigenvalue weighted by Crippen LogP contribution is 2.10. The largest absolute Gasteiger partial charge is 0.505 e. The minimum Gasteiger partial charge on any atom is -0.450 e. The van der Waals surface area contributed by atoms with Crippen molar-refractivity contribution in [1.29, 1.82) is 0 Å². The molecule has 0 saturated carbocycles. The van der Waals surface area contributed by atoms with Crippen LogP contribution < -0.4 is 0 Å². The summed E-state index contributed by atoms with van der Waals surface area (Å²) < 4.78 is 4.42. The van der Waals surface area contributed by atoms with Crippen molar-refractivity contribution in [3.05, 3.63) is 0 Å². The summed E-state index contributed by atoms with van der Waals surface area (Å²) in [5, 5.41) is 8.17. The van der Waals surface area contributed by atoms with Crippen LogP contribution in [0.15, 0.2) is 0 Å². The summed E-state index contributed by atoms with van der Waals surface area (Å²) in [5.41, 5.74) is 0. The molecule has 0 amide bonds. The smallest absolute Gasteiger partial charge is 0.450 e. The molecule has 0 aromatic rings. The Morgan fingerprint density at radius 2 is 2.00 bits per heavy atom. The first-order valence-corrected chi connectivity index (χ1v) is 3.88. The topological polar surface area (TPSA) is 46.5 Å². The minimum atomic E-state index is -1.18. The lowest BCUT2D eigenvalue weighted by molar-refractivity contribution is 0.0761. The van der Waals surface area contributed by atoms with Crippen molar-refractivity contribution in [2.45, 2.75) is 27.2 Å². The standard InChI is InChI=1S/C8H16O3/c1-6(2)4-7(3)5-11-8(9)10/h6-7H,4-5H2,1-3H3,(H,9,10). The van der Waals surface area contributed by atoms with E-state index in [0.29, 0.717) is 18.4 Å². The molecule has 66 valence electrons. The molecule has 3 nitrogen and oxygen atoms in total. The fraction of sp³-hybridized carbons (Fsp3) is 0.875. The number of hydrogen-bond acceptors (Lipinski definition) is 2. The molecule has 1 unspecified atom stereocenters. The molecule has 1 N–H and O–H groups in total. The van der Waals surface area contributed by atoms with Gasteiger partial charge in [-0.15, -0.1) is 0 Å². The zero-order chi connectivity index (χ0) is 8.85. The second kappa shape index (κ2) is 4.99. The minimum absolute atomic E-state index is 0.313. The fourth-order valence-electron chi connectivity index (χ4n) is 1.09. The molecule has 0 spiro atoms. The van der Waals surface area contributed by atoms with Crippen LogP contribution in [0.5, 0.6) is 0 Å². The SMILES string of the molecule is CC(C)CC(C)COC(=O)O. The van der Waals surface area contributed by atoms with Crippen molar-refractivity contribution < 1.29 is 14.6 Å². The summed E-state index contributed by atoms with van der Waals surface area (Å²) in [7, 11) is 0. The second-order valence-corrected chi connectivity index (χ2v) is 3.31. The van der Waals surface area contributed by atoms with Gasteiger partial charge in [0, 0.05) is 0 Å². The van der Waals surface area contributed by atoms with Gasteiger partial charge in [-0.2, -0.15) is 0 Å². The van der Waals surface area contributed by atoms with Crippen molar-refractivity contribution in [3.63, 3.8) is 0 Å². The zero-order valence-corrected chi connectivity index (χ0v) is 7.33. The number of ether oxygens (including phenoxy) is 1. The summed E-state index contributed by atoms with van der Waals surface area (Å²) in [6, 6.07) is 0. The van der Waals surface area contributed by atoms with E-state index in [4.69, 9.17) is 5.11 Å². The summed E-state index contributed by atoms with van der Waals surface area (Å²) in [4.78, 5) is 9.97. The number of hydrogen-bond donors (Lipinski definition) is 1. The highest BCUT2D eigenvalue weighted by Gasteiger charge is 2.07. The van der Waals surface area contributed by atoms with Gasteiger partial charge in [0.15, 0.2) is 0 Å². The molecule has 3 heteroatoms. The molecule has 0 rings (SSSR count). The van der Waals surface area contributed by atoms with Crippen molar-refractivity contribution in [1.82, 2.24) is 0 Å². The van der Waals surface area contributed by atoms with Crippen molar-refractivity contribution in [2.75, 3.05) is 6.61 Å². The van der Waals surface area contributed by atoms with Gasteiger partial charge in [-0.3, -0.25) is 0 Å². The lowest BCUT2D eigenvalue weighted by atomic mass is 10.00. The highest BCUT2D eigenvalue weighted by atomic mass is 16.7. The molecular weight excluding hydrogens is 144 g/mol. The molecule has 0 fully saturated rings. The van der Waals surface area contributed by atoms with Crippen LogP contribution in [0.1, 0.15) is 27.2 Å². The third kappa shape index (κ3) is 7.16. The van der Waals surface area contributed by atoms with Gasteiger partial charge in [-0.1, -0.05) is 20.8 Å². The molecule has 0 radical (unpaired) electrons. The predicted octanol–water partition coefficient (Wildman–Crippen LogP) is 2.36. The van der Waals surface area contributed by atoms with Gasteiger partial charge >= 0.3 is 6.16 Å². The Kier molecular flexibility index (Phi) is 4.66. The van der Waals surface area contributed by atoms with Gasteiger partial charge < -0.3 is 9.84 Å². The maximum Gasteiger partial charge on any atom is 0.505 e. The van der Waals surface area contributed by atoms with Crippen molar-refractivity contribution in [2.24, 2.45) is 11.8 Å². The van der Waals surface area contributed by atoms with Gasteiger partial charge in [0.1, 0.15) is 0 Å². The summed E-state index contributed by atoms with van der Waals surface area (Å²) in [5.74, 6) is 0.925. The predicted molar refractivity (Wildman–Crippen MR) is 42.6 cm³/mol. The van der Waals surface area contributed by atoms with Gasteiger partial charge in [-0.25, -0.2) is 4.79 Å². The van der Waals surface area contributed by atoms with Crippen molar-refractivity contribution >= 4 is 6.16 Å².